The minimum atomic E-state index is -0.369. The molecule has 1 atom stereocenters. The van der Waals surface area contributed by atoms with Crippen molar-refractivity contribution in [2.24, 2.45) is 5.92 Å². The third-order valence-corrected chi connectivity index (χ3v) is 4.10. The van der Waals surface area contributed by atoms with Crippen LogP contribution in [0.3, 0.4) is 0 Å². The van der Waals surface area contributed by atoms with Gasteiger partial charge in [-0.3, -0.25) is 9.59 Å². The van der Waals surface area contributed by atoms with Crippen LogP contribution in [0.4, 0.5) is 0 Å². The summed E-state index contributed by atoms with van der Waals surface area (Å²) in [5, 5.41) is 0. The number of rotatable bonds is 11. The van der Waals surface area contributed by atoms with Gasteiger partial charge in [0.2, 0.25) is 0 Å². The number of unbranched alkanes of at least 4 members (excludes halogenated alkanes) is 3. The van der Waals surface area contributed by atoms with Crippen molar-refractivity contribution < 1.29 is 14.3 Å². The molecule has 122 valence electrons. The van der Waals surface area contributed by atoms with E-state index < -0.39 is 0 Å². The van der Waals surface area contributed by atoms with E-state index in [0.29, 0.717) is 12.8 Å². The number of hydrogen-bond donors (Lipinski definition) is 0. The third kappa shape index (κ3) is 6.42. The summed E-state index contributed by atoms with van der Waals surface area (Å²) in [6.45, 7) is 3.36. The second-order valence-electron chi connectivity index (χ2n) is 5.78. The third-order valence-electron chi connectivity index (χ3n) is 4.10. The summed E-state index contributed by atoms with van der Waals surface area (Å²) < 4.78 is 5.14. The lowest BCUT2D eigenvalue weighted by Crippen LogP contribution is -2.21. The van der Waals surface area contributed by atoms with E-state index in [1.54, 1.807) is 7.11 Å². The van der Waals surface area contributed by atoms with E-state index in [2.05, 4.69) is 12.1 Å². The number of benzene rings is 1. The molecule has 0 aliphatic carbocycles. The van der Waals surface area contributed by atoms with E-state index in [0.717, 1.165) is 37.9 Å². The van der Waals surface area contributed by atoms with Crippen LogP contribution < -0.4 is 4.74 Å². The fraction of sp³-hybridized carbons (Fsp3) is 0.579. The molecule has 0 bridgehead atoms. The second-order valence-corrected chi connectivity index (χ2v) is 5.78. The van der Waals surface area contributed by atoms with Crippen molar-refractivity contribution in [2.75, 3.05) is 7.11 Å². The number of carbonyl (C=O) groups is 2. The van der Waals surface area contributed by atoms with E-state index >= 15 is 0 Å². The Morgan fingerprint density at radius 3 is 2.23 bits per heavy atom. The molecule has 0 amide bonds. The summed E-state index contributed by atoms with van der Waals surface area (Å²) in [4.78, 5) is 23.1. The quantitative estimate of drug-likeness (QED) is 0.450. The summed E-state index contributed by atoms with van der Waals surface area (Å²) in [7, 11) is 1.67. The largest absolute Gasteiger partial charge is 0.497 e. The fourth-order valence-electron chi connectivity index (χ4n) is 2.66. The zero-order valence-corrected chi connectivity index (χ0v) is 14.1. The first kappa shape index (κ1) is 18.4. The molecule has 0 saturated carbocycles. The molecule has 0 aliphatic heterocycles. The molecule has 0 heterocycles. The number of aryl methyl sites for hydroxylation is 1. The van der Waals surface area contributed by atoms with Crippen molar-refractivity contribution in [3.63, 3.8) is 0 Å². The summed E-state index contributed by atoms with van der Waals surface area (Å²) in [5.74, 6) is 0.627. The number of carbonyl (C=O) groups excluding carboxylic acids is 2. The Kier molecular flexibility index (Phi) is 8.49. The summed E-state index contributed by atoms with van der Waals surface area (Å²) in [5.41, 5.74) is 1.32. The maximum atomic E-state index is 11.7. The van der Waals surface area contributed by atoms with Crippen molar-refractivity contribution in [1.29, 1.82) is 0 Å². The Balaban J connectivity index is 2.19. The number of ketones is 2. The van der Waals surface area contributed by atoms with Gasteiger partial charge in [0, 0.05) is 6.42 Å². The minimum Gasteiger partial charge on any atom is -0.497 e. The predicted octanol–water partition coefficient (Wildman–Crippen LogP) is 4.37. The van der Waals surface area contributed by atoms with E-state index in [9.17, 15) is 9.59 Å². The molecule has 1 rings (SSSR count). The Morgan fingerprint density at radius 1 is 1.05 bits per heavy atom. The first-order valence-electron chi connectivity index (χ1n) is 8.24. The lowest BCUT2D eigenvalue weighted by Gasteiger charge is -2.11. The van der Waals surface area contributed by atoms with Crippen molar-refractivity contribution >= 4 is 11.6 Å². The average Bonchev–Trinajstić information content (AvgIpc) is 2.53. The number of hydrogen-bond acceptors (Lipinski definition) is 3. The summed E-state index contributed by atoms with van der Waals surface area (Å²) in [6, 6.07) is 8.18. The van der Waals surface area contributed by atoms with E-state index in [1.807, 2.05) is 19.1 Å². The number of Topliss-reactive ketones (excluding diaryl/α,β-unsaturated/α-hetero) is 2. The van der Waals surface area contributed by atoms with Crippen LogP contribution in [0.25, 0.3) is 0 Å². The first-order chi connectivity index (χ1) is 10.6. The highest BCUT2D eigenvalue weighted by Crippen LogP contribution is 2.17. The molecule has 0 radical (unpaired) electrons. The molecule has 0 spiro atoms. The minimum absolute atomic E-state index is 0.0186. The molecule has 0 aliphatic rings. The highest BCUT2D eigenvalue weighted by Gasteiger charge is 2.20. The van der Waals surface area contributed by atoms with Gasteiger partial charge in [-0.05, 0) is 43.9 Å². The Bertz CT molecular complexity index is 462. The Labute approximate surface area is 134 Å². The molecule has 0 aromatic heterocycles. The van der Waals surface area contributed by atoms with Crippen molar-refractivity contribution in [2.45, 2.75) is 58.8 Å². The first-order valence-corrected chi connectivity index (χ1v) is 8.24. The van der Waals surface area contributed by atoms with Crippen LogP contribution in [0, 0.1) is 5.92 Å². The molecule has 22 heavy (non-hydrogen) atoms. The standard InChI is InChI=1S/C19H28O3/c1-4-19(21)18(15(2)20)10-8-6-5-7-9-16-11-13-17(22-3)14-12-16/h11-14,18H,4-10H2,1-3H3. The zero-order valence-electron chi connectivity index (χ0n) is 14.1. The van der Waals surface area contributed by atoms with Gasteiger partial charge in [0.05, 0.1) is 13.0 Å². The van der Waals surface area contributed by atoms with Crippen molar-refractivity contribution in [3.8, 4) is 5.75 Å². The summed E-state index contributed by atoms with van der Waals surface area (Å²) in [6.07, 6.45) is 6.55. The molecule has 3 nitrogen and oxygen atoms in total. The zero-order chi connectivity index (χ0) is 16.4. The van der Waals surface area contributed by atoms with Crippen LogP contribution in [0.15, 0.2) is 24.3 Å². The molecule has 1 aromatic rings. The van der Waals surface area contributed by atoms with E-state index in [1.165, 1.54) is 12.5 Å². The van der Waals surface area contributed by atoms with Crippen molar-refractivity contribution in [1.82, 2.24) is 0 Å². The topological polar surface area (TPSA) is 43.4 Å². The van der Waals surface area contributed by atoms with Crippen LogP contribution in [0.1, 0.15) is 57.9 Å². The average molecular weight is 304 g/mol. The fourth-order valence-corrected chi connectivity index (χ4v) is 2.66. The number of ether oxygens (including phenoxy) is 1. The van der Waals surface area contributed by atoms with Crippen LogP contribution in [-0.4, -0.2) is 18.7 Å². The Morgan fingerprint density at radius 2 is 1.68 bits per heavy atom. The van der Waals surface area contributed by atoms with Gasteiger partial charge in [0.15, 0.2) is 0 Å². The van der Waals surface area contributed by atoms with Gasteiger partial charge >= 0.3 is 0 Å². The molecule has 1 unspecified atom stereocenters. The molecule has 3 heteroatoms. The molecular weight excluding hydrogens is 276 g/mol. The highest BCUT2D eigenvalue weighted by atomic mass is 16.5. The maximum Gasteiger partial charge on any atom is 0.143 e. The molecule has 0 N–H and O–H groups in total. The highest BCUT2D eigenvalue weighted by molar-refractivity contribution is 6.01. The van der Waals surface area contributed by atoms with Gasteiger partial charge < -0.3 is 4.74 Å². The lowest BCUT2D eigenvalue weighted by molar-refractivity contribution is -0.131. The smallest absolute Gasteiger partial charge is 0.143 e. The van der Waals surface area contributed by atoms with Gasteiger partial charge in [-0.25, -0.2) is 0 Å². The Hall–Kier alpha value is -1.64. The van der Waals surface area contributed by atoms with Crippen molar-refractivity contribution in [3.05, 3.63) is 29.8 Å². The maximum absolute atomic E-state index is 11.7. The lowest BCUT2D eigenvalue weighted by atomic mass is 9.91. The summed E-state index contributed by atoms with van der Waals surface area (Å²) >= 11 is 0. The van der Waals surface area contributed by atoms with Gasteiger partial charge in [-0.2, -0.15) is 0 Å². The SMILES string of the molecule is CCC(=O)C(CCCCCCc1ccc(OC)cc1)C(C)=O. The van der Waals surface area contributed by atoms with Crippen LogP contribution in [-0.2, 0) is 16.0 Å². The monoisotopic (exact) mass is 304 g/mol. The van der Waals surface area contributed by atoms with Gasteiger partial charge in [-0.15, -0.1) is 0 Å². The van der Waals surface area contributed by atoms with E-state index in [4.69, 9.17) is 4.74 Å². The number of methoxy groups -OCH3 is 1. The molecule has 0 fully saturated rings. The van der Waals surface area contributed by atoms with Gasteiger partial charge in [0.25, 0.3) is 0 Å². The predicted molar refractivity (Wildman–Crippen MR) is 89.3 cm³/mol. The van der Waals surface area contributed by atoms with E-state index in [-0.39, 0.29) is 17.5 Å². The van der Waals surface area contributed by atoms with Crippen LogP contribution in [0.5, 0.6) is 5.75 Å². The molecular formula is C19H28O3. The van der Waals surface area contributed by atoms with Crippen LogP contribution >= 0.6 is 0 Å². The normalized spacial score (nSPS) is 12.0. The molecule has 1 aromatic carbocycles. The second kappa shape index (κ2) is 10.1. The van der Waals surface area contributed by atoms with Gasteiger partial charge in [0.1, 0.15) is 17.3 Å². The van der Waals surface area contributed by atoms with Gasteiger partial charge in [-0.1, -0.05) is 38.3 Å². The van der Waals surface area contributed by atoms with Crippen LogP contribution in [0.2, 0.25) is 0 Å². The molecule has 0 saturated heterocycles.